The van der Waals surface area contributed by atoms with E-state index >= 15 is 0 Å². The van der Waals surface area contributed by atoms with Gasteiger partial charge in [0.1, 0.15) is 4.99 Å². The first kappa shape index (κ1) is 15.7. The van der Waals surface area contributed by atoms with Gasteiger partial charge < -0.3 is 11.1 Å². The van der Waals surface area contributed by atoms with Crippen molar-refractivity contribution in [3.8, 4) is 0 Å². The lowest BCUT2D eigenvalue weighted by Crippen LogP contribution is -2.19. The third-order valence-corrected chi connectivity index (χ3v) is 3.68. The zero-order valence-electron chi connectivity index (χ0n) is 11.5. The number of nitrogens with one attached hydrogen (secondary N) is 1. The SMILES string of the molecule is Cc1cccc(CC(=O)Nc2ccc(Br)cc2C(N)=S)c1. The molecule has 0 aromatic heterocycles. The molecule has 0 spiro atoms. The minimum atomic E-state index is -0.0968. The second-order valence-electron chi connectivity index (χ2n) is 4.77. The molecule has 2 rings (SSSR count). The number of carbonyl (C=O) groups is 1. The van der Waals surface area contributed by atoms with Crippen LogP contribution in [-0.2, 0) is 11.2 Å². The van der Waals surface area contributed by atoms with E-state index in [1.165, 1.54) is 0 Å². The Morgan fingerprint density at radius 1 is 1.29 bits per heavy atom. The Bertz CT molecular complexity index is 700. The van der Waals surface area contributed by atoms with Crippen molar-refractivity contribution in [2.75, 3.05) is 5.32 Å². The van der Waals surface area contributed by atoms with Gasteiger partial charge in [0, 0.05) is 10.0 Å². The fourth-order valence-electron chi connectivity index (χ4n) is 2.03. The highest BCUT2D eigenvalue weighted by atomic mass is 79.9. The van der Waals surface area contributed by atoms with Crippen molar-refractivity contribution in [3.63, 3.8) is 0 Å². The van der Waals surface area contributed by atoms with E-state index in [9.17, 15) is 4.79 Å². The highest BCUT2D eigenvalue weighted by Gasteiger charge is 2.10. The van der Waals surface area contributed by atoms with Crippen LogP contribution < -0.4 is 11.1 Å². The number of thiocarbonyl (C=S) groups is 1. The van der Waals surface area contributed by atoms with Crippen molar-refractivity contribution in [3.05, 3.63) is 63.6 Å². The summed E-state index contributed by atoms with van der Waals surface area (Å²) in [5.74, 6) is -0.0968. The molecule has 0 radical (unpaired) electrons. The lowest BCUT2D eigenvalue weighted by molar-refractivity contribution is -0.115. The second kappa shape index (κ2) is 6.83. The van der Waals surface area contributed by atoms with Crippen LogP contribution in [0.1, 0.15) is 16.7 Å². The molecule has 2 aromatic rings. The molecule has 0 atom stereocenters. The molecule has 0 aliphatic rings. The third kappa shape index (κ3) is 4.37. The van der Waals surface area contributed by atoms with Gasteiger partial charge in [-0.1, -0.05) is 58.0 Å². The van der Waals surface area contributed by atoms with Gasteiger partial charge in [0.25, 0.3) is 0 Å². The Morgan fingerprint density at radius 2 is 2.05 bits per heavy atom. The number of anilines is 1. The van der Waals surface area contributed by atoms with Crippen LogP contribution in [0.2, 0.25) is 0 Å². The molecule has 0 saturated heterocycles. The molecule has 0 aliphatic heterocycles. The number of nitrogens with two attached hydrogens (primary N) is 1. The number of amides is 1. The predicted molar refractivity (Wildman–Crippen MR) is 93.5 cm³/mol. The fraction of sp³-hybridized carbons (Fsp3) is 0.125. The van der Waals surface area contributed by atoms with Crippen molar-refractivity contribution >= 4 is 44.7 Å². The Morgan fingerprint density at radius 3 is 2.71 bits per heavy atom. The summed E-state index contributed by atoms with van der Waals surface area (Å²) >= 11 is 8.38. The molecule has 1 amide bonds. The Balaban J connectivity index is 2.15. The monoisotopic (exact) mass is 362 g/mol. The highest BCUT2D eigenvalue weighted by Crippen LogP contribution is 2.21. The molecule has 0 aliphatic carbocycles. The van der Waals surface area contributed by atoms with Crippen molar-refractivity contribution < 1.29 is 4.79 Å². The molecular formula is C16H15BrN2OS. The van der Waals surface area contributed by atoms with Gasteiger partial charge in [0.05, 0.1) is 12.1 Å². The number of benzene rings is 2. The van der Waals surface area contributed by atoms with E-state index in [-0.39, 0.29) is 10.9 Å². The fourth-order valence-corrected chi connectivity index (χ4v) is 2.56. The Labute approximate surface area is 137 Å². The van der Waals surface area contributed by atoms with Crippen molar-refractivity contribution in [2.45, 2.75) is 13.3 Å². The van der Waals surface area contributed by atoms with Crippen LogP contribution in [-0.4, -0.2) is 10.9 Å². The van der Waals surface area contributed by atoms with E-state index in [1.54, 1.807) is 12.1 Å². The van der Waals surface area contributed by atoms with Crippen LogP contribution in [0.15, 0.2) is 46.9 Å². The lowest BCUT2D eigenvalue weighted by Gasteiger charge is -2.11. The molecule has 5 heteroatoms. The number of rotatable bonds is 4. The van der Waals surface area contributed by atoms with E-state index in [0.717, 1.165) is 15.6 Å². The first-order valence-corrected chi connectivity index (χ1v) is 7.60. The largest absolute Gasteiger partial charge is 0.389 e. The molecular weight excluding hydrogens is 348 g/mol. The smallest absolute Gasteiger partial charge is 0.228 e. The minimum Gasteiger partial charge on any atom is -0.389 e. The van der Waals surface area contributed by atoms with Crippen LogP contribution in [0.5, 0.6) is 0 Å². The van der Waals surface area contributed by atoms with Gasteiger partial charge in [-0.3, -0.25) is 4.79 Å². The Kier molecular flexibility index (Phi) is 5.09. The quantitative estimate of drug-likeness (QED) is 0.817. The zero-order valence-corrected chi connectivity index (χ0v) is 13.9. The molecule has 2 aromatic carbocycles. The van der Waals surface area contributed by atoms with Crippen molar-refractivity contribution in [1.82, 2.24) is 0 Å². The van der Waals surface area contributed by atoms with E-state index in [4.69, 9.17) is 18.0 Å². The molecule has 108 valence electrons. The van der Waals surface area contributed by atoms with Gasteiger partial charge in [-0.05, 0) is 30.7 Å². The highest BCUT2D eigenvalue weighted by molar-refractivity contribution is 9.10. The molecule has 0 saturated carbocycles. The summed E-state index contributed by atoms with van der Waals surface area (Å²) in [6.45, 7) is 2.00. The average molecular weight is 363 g/mol. The van der Waals surface area contributed by atoms with Crippen LogP contribution in [0, 0.1) is 6.92 Å². The summed E-state index contributed by atoms with van der Waals surface area (Å²) in [7, 11) is 0. The maximum absolute atomic E-state index is 12.1. The zero-order chi connectivity index (χ0) is 15.4. The van der Waals surface area contributed by atoms with Gasteiger partial charge in [-0.25, -0.2) is 0 Å². The molecule has 0 fully saturated rings. The predicted octanol–water partition coefficient (Wildman–Crippen LogP) is 3.57. The van der Waals surface area contributed by atoms with E-state index in [0.29, 0.717) is 17.7 Å². The maximum atomic E-state index is 12.1. The molecule has 21 heavy (non-hydrogen) atoms. The summed E-state index contributed by atoms with van der Waals surface area (Å²) < 4.78 is 0.863. The normalized spacial score (nSPS) is 10.2. The van der Waals surface area contributed by atoms with Crippen molar-refractivity contribution in [2.24, 2.45) is 5.73 Å². The number of halogens is 1. The summed E-state index contributed by atoms with van der Waals surface area (Å²) in [6.07, 6.45) is 0.314. The van der Waals surface area contributed by atoms with Gasteiger partial charge in [-0.2, -0.15) is 0 Å². The first-order chi connectivity index (χ1) is 9.95. The average Bonchev–Trinajstić information content (AvgIpc) is 2.40. The van der Waals surface area contributed by atoms with Gasteiger partial charge >= 0.3 is 0 Å². The van der Waals surface area contributed by atoms with Gasteiger partial charge in [0.15, 0.2) is 0 Å². The van der Waals surface area contributed by atoms with Crippen LogP contribution in [0.25, 0.3) is 0 Å². The minimum absolute atomic E-state index is 0.0968. The molecule has 3 N–H and O–H groups in total. The number of aryl methyl sites for hydroxylation is 1. The number of carbonyl (C=O) groups excluding carboxylic acids is 1. The topological polar surface area (TPSA) is 55.1 Å². The van der Waals surface area contributed by atoms with Gasteiger partial charge in [-0.15, -0.1) is 0 Å². The molecule has 0 bridgehead atoms. The summed E-state index contributed by atoms with van der Waals surface area (Å²) in [4.78, 5) is 12.4. The third-order valence-electron chi connectivity index (χ3n) is 2.97. The summed E-state index contributed by atoms with van der Waals surface area (Å²) in [5, 5.41) is 2.86. The first-order valence-electron chi connectivity index (χ1n) is 6.40. The second-order valence-corrected chi connectivity index (χ2v) is 6.12. The van der Waals surface area contributed by atoms with E-state index < -0.39 is 0 Å². The molecule has 0 heterocycles. The van der Waals surface area contributed by atoms with E-state index in [2.05, 4.69) is 21.2 Å². The molecule has 0 unspecified atom stereocenters. The van der Waals surface area contributed by atoms with Crippen LogP contribution >= 0.6 is 28.1 Å². The van der Waals surface area contributed by atoms with Crippen molar-refractivity contribution in [1.29, 1.82) is 0 Å². The molecule has 3 nitrogen and oxygen atoms in total. The Hall–Kier alpha value is -1.72. The summed E-state index contributed by atoms with van der Waals surface area (Å²) in [6, 6.07) is 13.3. The standard InChI is InChI=1S/C16H15BrN2OS/c1-10-3-2-4-11(7-10)8-15(20)19-14-6-5-12(17)9-13(14)16(18)21/h2-7,9H,8H2,1H3,(H2,18,21)(H,19,20). The van der Waals surface area contributed by atoms with E-state index in [1.807, 2.05) is 37.3 Å². The maximum Gasteiger partial charge on any atom is 0.228 e. The number of hydrogen-bond donors (Lipinski definition) is 2. The lowest BCUT2D eigenvalue weighted by atomic mass is 10.1. The number of hydrogen-bond acceptors (Lipinski definition) is 2. The van der Waals surface area contributed by atoms with Crippen LogP contribution in [0.4, 0.5) is 5.69 Å². The summed E-state index contributed by atoms with van der Waals surface area (Å²) in [5.41, 5.74) is 9.07. The van der Waals surface area contributed by atoms with Gasteiger partial charge in [0.2, 0.25) is 5.91 Å². The van der Waals surface area contributed by atoms with Crippen LogP contribution in [0.3, 0.4) is 0 Å².